The van der Waals surface area contributed by atoms with Crippen LogP contribution in [0.25, 0.3) is 0 Å². The smallest absolute Gasteiger partial charge is 0.332 e. The first-order chi connectivity index (χ1) is 10.3. The monoisotopic (exact) mass is 327 g/mol. The molecule has 1 aliphatic rings. The number of rotatable bonds is 2. The molecule has 1 amide bonds. The zero-order valence-electron chi connectivity index (χ0n) is 11.6. The average Bonchev–Trinajstić information content (AvgIpc) is 3.03. The summed E-state index contributed by atoms with van der Waals surface area (Å²) in [5.74, 6) is -0.0193. The van der Waals surface area contributed by atoms with Gasteiger partial charge in [-0.15, -0.1) is 11.3 Å². The van der Waals surface area contributed by atoms with Crippen molar-refractivity contribution >= 4 is 33.8 Å². The number of halogens is 3. The summed E-state index contributed by atoms with van der Waals surface area (Å²) in [7, 11) is 0. The minimum absolute atomic E-state index is 0.0193. The second kappa shape index (κ2) is 5.28. The Morgan fingerprint density at radius 1 is 1.41 bits per heavy atom. The van der Waals surface area contributed by atoms with Crippen molar-refractivity contribution in [3.8, 4) is 0 Å². The third-order valence-corrected chi connectivity index (χ3v) is 4.16. The molecule has 3 rings (SSSR count). The summed E-state index contributed by atoms with van der Waals surface area (Å²) in [4.78, 5) is 16.7. The Balaban J connectivity index is 1.80. The molecule has 22 heavy (non-hydrogen) atoms. The molecule has 0 radical (unpaired) electrons. The first-order valence-electron chi connectivity index (χ1n) is 6.55. The number of hydrogen-bond acceptors (Lipinski definition) is 4. The lowest BCUT2D eigenvalue weighted by Gasteiger charge is -2.14. The number of carbonyl (C=O) groups excluding carboxylic acids is 1. The molecule has 116 valence electrons. The van der Waals surface area contributed by atoms with Gasteiger partial charge in [0, 0.05) is 30.2 Å². The average molecular weight is 327 g/mol. The van der Waals surface area contributed by atoms with E-state index in [0.717, 1.165) is 34.4 Å². The van der Waals surface area contributed by atoms with Gasteiger partial charge in [0.25, 0.3) is 0 Å². The molecular formula is C14H12F3N3OS. The molecule has 0 atom stereocenters. The molecule has 1 N–H and O–H groups in total. The van der Waals surface area contributed by atoms with Gasteiger partial charge in [-0.05, 0) is 30.2 Å². The van der Waals surface area contributed by atoms with Gasteiger partial charge >= 0.3 is 6.18 Å². The number of thiazole rings is 1. The zero-order chi connectivity index (χ0) is 15.9. The number of aromatic nitrogens is 1. The minimum atomic E-state index is -4.43. The molecule has 8 heteroatoms. The van der Waals surface area contributed by atoms with E-state index in [4.69, 9.17) is 0 Å². The van der Waals surface area contributed by atoms with Crippen LogP contribution >= 0.6 is 11.3 Å². The van der Waals surface area contributed by atoms with E-state index in [1.54, 1.807) is 17.0 Å². The number of hydrogen-bond donors (Lipinski definition) is 1. The van der Waals surface area contributed by atoms with E-state index >= 15 is 0 Å². The molecule has 0 bridgehead atoms. The van der Waals surface area contributed by atoms with Crippen molar-refractivity contribution in [2.45, 2.75) is 19.5 Å². The molecule has 2 aromatic rings. The second-order valence-corrected chi connectivity index (χ2v) is 5.78. The number of nitrogens with zero attached hydrogens (tertiary/aromatic N) is 2. The van der Waals surface area contributed by atoms with E-state index in [-0.39, 0.29) is 11.0 Å². The van der Waals surface area contributed by atoms with Crippen molar-refractivity contribution in [1.29, 1.82) is 0 Å². The van der Waals surface area contributed by atoms with Crippen molar-refractivity contribution < 1.29 is 18.0 Å². The predicted octanol–water partition coefficient (Wildman–Crippen LogP) is 3.81. The van der Waals surface area contributed by atoms with Gasteiger partial charge in [-0.2, -0.15) is 13.2 Å². The van der Waals surface area contributed by atoms with Crippen LogP contribution in [0.1, 0.15) is 18.2 Å². The molecule has 1 aromatic heterocycles. The van der Waals surface area contributed by atoms with Crippen LogP contribution < -0.4 is 10.2 Å². The lowest BCUT2D eigenvalue weighted by molar-refractivity contribution is -0.140. The molecule has 4 nitrogen and oxygen atoms in total. The summed E-state index contributed by atoms with van der Waals surface area (Å²) in [6.07, 6.45) is -3.70. The fourth-order valence-corrected chi connectivity index (χ4v) is 3.13. The maximum Gasteiger partial charge on any atom is 0.434 e. The predicted molar refractivity (Wildman–Crippen MR) is 78.6 cm³/mol. The first-order valence-corrected chi connectivity index (χ1v) is 7.43. The van der Waals surface area contributed by atoms with Gasteiger partial charge in [0.2, 0.25) is 5.91 Å². The Hall–Kier alpha value is -2.09. The van der Waals surface area contributed by atoms with E-state index in [2.05, 4.69) is 10.3 Å². The van der Waals surface area contributed by atoms with Crippen LogP contribution in [-0.2, 0) is 17.4 Å². The largest absolute Gasteiger partial charge is 0.434 e. The summed E-state index contributed by atoms with van der Waals surface area (Å²) in [5.41, 5.74) is 1.61. The lowest BCUT2D eigenvalue weighted by atomic mass is 10.1. The minimum Gasteiger partial charge on any atom is -0.332 e. The van der Waals surface area contributed by atoms with Crippen LogP contribution in [0.5, 0.6) is 0 Å². The lowest BCUT2D eigenvalue weighted by Crippen LogP contribution is -2.25. The highest BCUT2D eigenvalue weighted by Crippen LogP contribution is 2.34. The van der Waals surface area contributed by atoms with Crippen molar-refractivity contribution in [3.05, 3.63) is 34.8 Å². The third-order valence-electron chi connectivity index (χ3n) is 3.40. The summed E-state index contributed by atoms with van der Waals surface area (Å²) in [6.45, 7) is 2.14. The number of anilines is 3. The van der Waals surface area contributed by atoms with E-state index in [1.807, 2.05) is 6.07 Å². The quantitative estimate of drug-likeness (QED) is 0.912. The number of amides is 1. The Labute approximate surface area is 128 Å². The van der Waals surface area contributed by atoms with E-state index in [9.17, 15) is 18.0 Å². The van der Waals surface area contributed by atoms with Gasteiger partial charge in [0.05, 0.1) is 0 Å². The normalized spacial score (nSPS) is 14.1. The van der Waals surface area contributed by atoms with Crippen LogP contribution in [0.3, 0.4) is 0 Å². The van der Waals surface area contributed by atoms with Crippen molar-refractivity contribution in [2.75, 3.05) is 16.8 Å². The van der Waals surface area contributed by atoms with E-state index in [0.29, 0.717) is 12.2 Å². The molecule has 1 aliphatic heterocycles. The standard InChI is InChI=1S/C14H12F3N3OS/c1-8(21)20-5-4-9-6-10(2-3-11(9)20)18-13-19-12(7-22-13)14(15,16)17/h2-3,6-7H,4-5H2,1H3,(H,18,19). The van der Waals surface area contributed by atoms with Gasteiger partial charge in [0.15, 0.2) is 10.8 Å². The Morgan fingerprint density at radius 2 is 2.18 bits per heavy atom. The maximum atomic E-state index is 12.5. The summed E-state index contributed by atoms with van der Waals surface area (Å²) in [5, 5.41) is 4.04. The topological polar surface area (TPSA) is 45.2 Å². The molecule has 0 aliphatic carbocycles. The number of benzene rings is 1. The Morgan fingerprint density at radius 3 is 2.82 bits per heavy atom. The van der Waals surface area contributed by atoms with Crippen molar-refractivity contribution in [2.24, 2.45) is 0 Å². The molecule has 0 saturated carbocycles. The van der Waals surface area contributed by atoms with Gasteiger partial charge in [-0.1, -0.05) is 0 Å². The van der Waals surface area contributed by atoms with Gasteiger partial charge in [-0.3, -0.25) is 4.79 Å². The Kier molecular flexibility index (Phi) is 3.56. The zero-order valence-corrected chi connectivity index (χ0v) is 12.4. The fraction of sp³-hybridized carbons (Fsp3) is 0.286. The molecule has 1 aromatic carbocycles. The molecule has 2 heterocycles. The van der Waals surface area contributed by atoms with Gasteiger partial charge in [-0.25, -0.2) is 4.98 Å². The van der Waals surface area contributed by atoms with Crippen LogP contribution in [0.15, 0.2) is 23.6 Å². The van der Waals surface area contributed by atoms with Gasteiger partial charge in [0.1, 0.15) is 0 Å². The van der Waals surface area contributed by atoms with E-state index < -0.39 is 11.9 Å². The molecule has 0 saturated heterocycles. The highest BCUT2D eigenvalue weighted by molar-refractivity contribution is 7.13. The van der Waals surface area contributed by atoms with E-state index in [1.165, 1.54) is 6.92 Å². The highest BCUT2D eigenvalue weighted by Gasteiger charge is 2.33. The molecule has 0 fully saturated rings. The summed E-state index contributed by atoms with van der Waals surface area (Å²) >= 11 is 0.903. The molecule has 0 unspecified atom stereocenters. The fourth-order valence-electron chi connectivity index (χ4n) is 2.39. The van der Waals surface area contributed by atoms with Crippen LogP contribution in [0, 0.1) is 0 Å². The van der Waals surface area contributed by atoms with Crippen LogP contribution in [0.4, 0.5) is 29.7 Å². The molecule has 0 spiro atoms. The third kappa shape index (κ3) is 2.78. The number of carbonyl (C=O) groups is 1. The van der Waals surface area contributed by atoms with Crippen molar-refractivity contribution in [3.63, 3.8) is 0 Å². The number of fused-ring (bicyclic) bond motifs is 1. The van der Waals surface area contributed by atoms with Crippen LogP contribution in [0.2, 0.25) is 0 Å². The van der Waals surface area contributed by atoms with Crippen LogP contribution in [-0.4, -0.2) is 17.4 Å². The number of nitrogens with one attached hydrogen (secondary N) is 1. The summed E-state index contributed by atoms with van der Waals surface area (Å²) in [6, 6.07) is 5.37. The second-order valence-electron chi connectivity index (χ2n) is 4.92. The first kappa shape index (κ1) is 14.8. The SMILES string of the molecule is CC(=O)N1CCc2cc(Nc3nc(C(F)(F)F)cs3)ccc21. The summed E-state index contributed by atoms with van der Waals surface area (Å²) < 4.78 is 37.6. The maximum absolute atomic E-state index is 12.5. The Bertz CT molecular complexity index is 726. The number of alkyl halides is 3. The van der Waals surface area contributed by atoms with Crippen molar-refractivity contribution in [1.82, 2.24) is 4.98 Å². The molecular weight excluding hydrogens is 315 g/mol. The highest BCUT2D eigenvalue weighted by atomic mass is 32.1. The van der Waals surface area contributed by atoms with Gasteiger partial charge < -0.3 is 10.2 Å².